The Morgan fingerprint density at radius 2 is 2.19 bits per heavy atom. The molecule has 2 fully saturated rings. The average molecular weight is 429 g/mol. The molecule has 0 radical (unpaired) electrons. The third-order valence-corrected chi connectivity index (χ3v) is 5.53. The molecule has 1 heterocycles. The van der Waals surface area contributed by atoms with Gasteiger partial charge in [-0.05, 0) is 49.8 Å². The van der Waals surface area contributed by atoms with Crippen molar-refractivity contribution in [2.24, 2.45) is 16.6 Å². The lowest BCUT2D eigenvalue weighted by molar-refractivity contribution is -0.122. The highest BCUT2D eigenvalue weighted by atomic mass is 16.5. The SMILES string of the molecule is CCCCOC(C)N=C1C(C(=N)N)NC(=O)CN1Cc1cccc(CNCC2CC2)c1. The number of carbonyl (C=O) groups excluding carboxylic acids is 1. The summed E-state index contributed by atoms with van der Waals surface area (Å²) in [4.78, 5) is 18.9. The highest BCUT2D eigenvalue weighted by Gasteiger charge is 2.33. The van der Waals surface area contributed by atoms with E-state index < -0.39 is 6.04 Å². The van der Waals surface area contributed by atoms with E-state index in [-0.39, 0.29) is 24.5 Å². The summed E-state index contributed by atoms with van der Waals surface area (Å²) in [7, 11) is 0. The maximum Gasteiger partial charge on any atom is 0.240 e. The van der Waals surface area contributed by atoms with E-state index in [0.717, 1.165) is 37.4 Å². The van der Waals surface area contributed by atoms with Crippen LogP contribution in [-0.2, 0) is 22.6 Å². The van der Waals surface area contributed by atoms with Crippen molar-refractivity contribution in [3.63, 3.8) is 0 Å². The molecule has 31 heavy (non-hydrogen) atoms. The van der Waals surface area contributed by atoms with Crippen molar-refractivity contribution in [3.05, 3.63) is 35.4 Å². The lowest BCUT2D eigenvalue weighted by atomic mass is 10.1. The van der Waals surface area contributed by atoms with Crippen LogP contribution in [0.25, 0.3) is 0 Å². The minimum Gasteiger partial charge on any atom is -0.386 e. The number of piperazine rings is 1. The maximum absolute atomic E-state index is 12.3. The zero-order valence-corrected chi connectivity index (χ0v) is 18.7. The minimum atomic E-state index is -0.734. The molecule has 2 atom stereocenters. The van der Waals surface area contributed by atoms with Crippen molar-refractivity contribution < 1.29 is 9.53 Å². The molecule has 5 N–H and O–H groups in total. The van der Waals surface area contributed by atoms with Crippen LogP contribution in [0.5, 0.6) is 0 Å². The molecule has 0 bridgehead atoms. The largest absolute Gasteiger partial charge is 0.386 e. The predicted molar refractivity (Wildman–Crippen MR) is 123 cm³/mol. The molecule has 170 valence electrons. The quantitative estimate of drug-likeness (QED) is 0.231. The van der Waals surface area contributed by atoms with E-state index in [9.17, 15) is 4.79 Å². The Labute approximate surface area is 185 Å². The second-order valence-electron chi connectivity index (χ2n) is 8.52. The van der Waals surface area contributed by atoms with E-state index in [2.05, 4.69) is 35.8 Å². The number of amides is 1. The van der Waals surface area contributed by atoms with Crippen molar-refractivity contribution >= 4 is 17.6 Å². The number of ether oxygens (including phenoxy) is 1. The number of carbonyl (C=O) groups is 1. The Morgan fingerprint density at radius 3 is 2.90 bits per heavy atom. The zero-order chi connectivity index (χ0) is 22.2. The van der Waals surface area contributed by atoms with E-state index in [1.54, 1.807) is 0 Å². The number of hydrogen-bond donors (Lipinski definition) is 4. The van der Waals surface area contributed by atoms with Gasteiger partial charge in [-0.2, -0.15) is 0 Å². The minimum absolute atomic E-state index is 0.129. The van der Waals surface area contributed by atoms with Gasteiger partial charge < -0.3 is 26.0 Å². The number of rotatable bonds is 12. The summed E-state index contributed by atoms with van der Waals surface area (Å²) >= 11 is 0. The van der Waals surface area contributed by atoms with Crippen LogP contribution in [0.3, 0.4) is 0 Å². The number of nitrogens with two attached hydrogens (primary N) is 1. The Balaban J connectivity index is 1.72. The molecule has 2 aliphatic rings. The van der Waals surface area contributed by atoms with Gasteiger partial charge in [0.2, 0.25) is 5.91 Å². The highest BCUT2D eigenvalue weighted by molar-refractivity contribution is 6.12. The molecule has 1 aromatic rings. The first-order chi connectivity index (χ1) is 15.0. The van der Waals surface area contributed by atoms with Gasteiger partial charge in [0.25, 0.3) is 0 Å². The predicted octanol–water partition coefficient (Wildman–Crippen LogP) is 1.98. The molecule has 1 aliphatic carbocycles. The van der Waals surface area contributed by atoms with Crippen molar-refractivity contribution in [1.29, 1.82) is 5.41 Å². The lowest BCUT2D eigenvalue weighted by Crippen LogP contribution is -2.62. The summed E-state index contributed by atoms with van der Waals surface area (Å²) in [6, 6.07) is 7.64. The summed E-state index contributed by atoms with van der Waals surface area (Å²) in [6.45, 7) is 7.22. The van der Waals surface area contributed by atoms with Gasteiger partial charge in [-0.3, -0.25) is 10.2 Å². The van der Waals surface area contributed by atoms with Gasteiger partial charge in [-0.15, -0.1) is 0 Å². The van der Waals surface area contributed by atoms with E-state index >= 15 is 0 Å². The Bertz CT molecular complexity index is 792. The van der Waals surface area contributed by atoms with Gasteiger partial charge in [0.05, 0.1) is 6.54 Å². The molecule has 1 saturated heterocycles. The van der Waals surface area contributed by atoms with Crippen LogP contribution in [0.1, 0.15) is 50.7 Å². The summed E-state index contributed by atoms with van der Waals surface area (Å²) < 4.78 is 5.78. The number of unbranched alkanes of at least 4 members (excludes halogenated alkanes) is 1. The van der Waals surface area contributed by atoms with Crippen LogP contribution in [0.2, 0.25) is 0 Å². The lowest BCUT2D eigenvalue weighted by Gasteiger charge is -2.36. The van der Waals surface area contributed by atoms with E-state index in [1.807, 2.05) is 17.9 Å². The molecule has 8 heteroatoms. The third-order valence-electron chi connectivity index (χ3n) is 5.53. The molecule has 0 spiro atoms. The fourth-order valence-corrected chi connectivity index (χ4v) is 3.64. The van der Waals surface area contributed by atoms with Crippen LogP contribution < -0.4 is 16.4 Å². The Hall–Kier alpha value is -2.45. The van der Waals surface area contributed by atoms with Crippen LogP contribution in [0.4, 0.5) is 0 Å². The third kappa shape index (κ3) is 7.33. The summed E-state index contributed by atoms with van der Waals surface area (Å²) in [5.41, 5.74) is 8.11. The monoisotopic (exact) mass is 428 g/mol. The normalized spacial score (nSPS) is 21.2. The summed E-state index contributed by atoms with van der Waals surface area (Å²) in [5.74, 6) is 1.13. The molecule has 0 aromatic heterocycles. The molecule has 1 saturated carbocycles. The number of benzene rings is 1. The second kappa shape index (κ2) is 11.2. The second-order valence-corrected chi connectivity index (χ2v) is 8.52. The molecule has 8 nitrogen and oxygen atoms in total. The van der Waals surface area contributed by atoms with E-state index in [4.69, 9.17) is 20.9 Å². The Morgan fingerprint density at radius 1 is 1.42 bits per heavy atom. The zero-order valence-electron chi connectivity index (χ0n) is 18.7. The molecular weight excluding hydrogens is 392 g/mol. The number of nitrogens with one attached hydrogen (secondary N) is 3. The summed E-state index contributed by atoms with van der Waals surface area (Å²) in [6.07, 6.45) is 4.31. The standard InChI is InChI=1S/C23H36N6O2/c1-3-4-10-31-16(2)27-23-21(22(24)25)28-20(30)15-29(23)14-19-7-5-6-18(11-19)13-26-12-17-8-9-17/h5-7,11,16-17,21,26H,3-4,8-10,12-15H2,1-2H3,(H3,24,25)(H,28,30). The number of aliphatic imine (C=N–C) groups is 1. The average Bonchev–Trinajstić information content (AvgIpc) is 3.54. The van der Waals surface area contributed by atoms with Gasteiger partial charge in [0, 0.05) is 19.7 Å². The van der Waals surface area contributed by atoms with E-state index in [0.29, 0.717) is 19.0 Å². The molecule has 1 aromatic carbocycles. The van der Waals surface area contributed by atoms with Crippen LogP contribution >= 0.6 is 0 Å². The number of amidine groups is 2. The maximum atomic E-state index is 12.3. The highest BCUT2D eigenvalue weighted by Crippen LogP contribution is 2.27. The molecule has 1 aliphatic heterocycles. The van der Waals surface area contributed by atoms with Crippen molar-refractivity contribution in [3.8, 4) is 0 Å². The molecule has 3 rings (SSSR count). The fourth-order valence-electron chi connectivity index (χ4n) is 3.64. The Kier molecular flexibility index (Phi) is 8.43. The van der Waals surface area contributed by atoms with Crippen molar-refractivity contribution in [1.82, 2.24) is 15.5 Å². The van der Waals surface area contributed by atoms with Crippen molar-refractivity contribution in [2.45, 2.75) is 64.9 Å². The van der Waals surface area contributed by atoms with Gasteiger partial charge in [-0.1, -0.05) is 37.6 Å². The topological polar surface area (TPSA) is 116 Å². The van der Waals surface area contributed by atoms with E-state index in [1.165, 1.54) is 18.4 Å². The first-order valence-corrected chi connectivity index (χ1v) is 11.3. The smallest absolute Gasteiger partial charge is 0.240 e. The summed E-state index contributed by atoms with van der Waals surface area (Å²) in [5, 5.41) is 14.3. The first-order valence-electron chi connectivity index (χ1n) is 11.3. The van der Waals surface area contributed by atoms with Gasteiger partial charge >= 0.3 is 0 Å². The van der Waals surface area contributed by atoms with Crippen LogP contribution in [-0.4, -0.2) is 54.4 Å². The van der Waals surface area contributed by atoms with Crippen LogP contribution in [0.15, 0.2) is 29.3 Å². The fraction of sp³-hybridized carbons (Fsp3) is 0.609. The first kappa shape index (κ1) is 23.2. The van der Waals surface area contributed by atoms with Gasteiger partial charge in [0.1, 0.15) is 23.9 Å². The number of hydrogen-bond acceptors (Lipinski definition) is 5. The number of nitrogens with zero attached hydrogens (tertiary/aromatic N) is 2. The van der Waals surface area contributed by atoms with Gasteiger partial charge in [-0.25, -0.2) is 4.99 Å². The molecular formula is C23H36N6O2. The molecule has 2 unspecified atom stereocenters. The van der Waals surface area contributed by atoms with Gasteiger partial charge in [0.15, 0.2) is 0 Å². The van der Waals surface area contributed by atoms with Crippen molar-refractivity contribution in [2.75, 3.05) is 19.7 Å². The van der Waals surface area contributed by atoms with Crippen LogP contribution in [0, 0.1) is 11.3 Å². The molecule has 1 amide bonds.